The van der Waals surface area contributed by atoms with Crippen molar-refractivity contribution in [3.63, 3.8) is 0 Å². The normalized spacial score (nSPS) is 10.4. The molecule has 0 saturated carbocycles. The molecule has 19 heavy (non-hydrogen) atoms. The number of ketones is 1. The maximum absolute atomic E-state index is 12.1. The zero-order chi connectivity index (χ0) is 14.0. The van der Waals surface area contributed by atoms with Gasteiger partial charge < -0.3 is 4.57 Å². The molecule has 6 heteroatoms. The van der Waals surface area contributed by atoms with Gasteiger partial charge in [-0.1, -0.05) is 12.1 Å². The molecule has 0 spiro atoms. The van der Waals surface area contributed by atoms with E-state index < -0.39 is 4.92 Å². The number of hydrogen-bond acceptors (Lipinski definition) is 4. The number of aryl methyl sites for hydroxylation is 1. The second-order valence-corrected chi connectivity index (χ2v) is 4.27. The second-order valence-electron chi connectivity index (χ2n) is 4.27. The van der Waals surface area contributed by atoms with Crippen molar-refractivity contribution in [1.29, 1.82) is 0 Å². The van der Waals surface area contributed by atoms with Gasteiger partial charge in [-0.05, 0) is 13.8 Å². The molecule has 0 unspecified atom stereocenters. The predicted molar refractivity (Wildman–Crippen MR) is 69.1 cm³/mol. The lowest BCUT2D eigenvalue weighted by Gasteiger charge is -2.04. The molecule has 6 nitrogen and oxygen atoms in total. The van der Waals surface area contributed by atoms with E-state index in [1.54, 1.807) is 17.0 Å². The Bertz CT molecular complexity index is 646. The Morgan fingerprint density at radius 3 is 2.74 bits per heavy atom. The maximum atomic E-state index is 12.1. The van der Waals surface area contributed by atoms with E-state index >= 15 is 0 Å². The molecule has 98 valence electrons. The number of Topliss-reactive ketones (excluding diaryl/α,β-unsaturated/α-hetero) is 1. The van der Waals surface area contributed by atoms with Crippen molar-refractivity contribution in [3.8, 4) is 0 Å². The minimum Gasteiger partial charge on any atom is -0.327 e. The highest BCUT2D eigenvalue weighted by Gasteiger charge is 2.13. The first-order valence-corrected chi connectivity index (χ1v) is 5.75. The van der Waals surface area contributed by atoms with Gasteiger partial charge in [0.05, 0.1) is 23.5 Å². The molecule has 0 fully saturated rings. The molecule has 0 amide bonds. The number of hydrogen-bond donors (Lipinski definition) is 0. The number of nitro benzene ring substituents is 1. The Balaban J connectivity index is 2.23. The molecule has 0 aliphatic heterocycles. The van der Waals surface area contributed by atoms with Crippen LogP contribution in [0.4, 0.5) is 5.69 Å². The third kappa shape index (κ3) is 2.67. The van der Waals surface area contributed by atoms with Crippen LogP contribution in [0.1, 0.15) is 21.7 Å². The van der Waals surface area contributed by atoms with Gasteiger partial charge >= 0.3 is 0 Å². The number of carbonyl (C=O) groups excluding carboxylic acids is 1. The molecule has 1 aromatic carbocycles. The van der Waals surface area contributed by atoms with Gasteiger partial charge in [-0.2, -0.15) is 0 Å². The van der Waals surface area contributed by atoms with Crippen molar-refractivity contribution >= 4 is 11.5 Å². The second kappa shape index (κ2) is 5.01. The van der Waals surface area contributed by atoms with Crippen LogP contribution < -0.4 is 0 Å². The molecule has 0 saturated heterocycles. The Labute approximate surface area is 109 Å². The van der Waals surface area contributed by atoms with Crippen LogP contribution in [0.2, 0.25) is 0 Å². The number of benzene rings is 1. The largest absolute Gasteiger partial charge is 0.327 e. The fraction of sp³-hybridized carbons (Fsp3) is 0.231. The van der Waals surface area contributed by atoms with E-state index in [0.29, 0.717) is 5.56 Å². The summed E-state index contributed by atoms with van der Waals surface area (Å²) in [5.74, 6) is -0.177. The molecule has 0 radical (unpaired) electrons. The zero-order valence-electron chi connectivity index (χ0n) is 10.7. The van der Waals surface area contributed by atoms with Gasteiger partial charge in [0, 0.05) is 23.4 Å². The topological polar surface area (TPSA) is 78.0 Å². The summed E-state index contributed by atoms with van der Waals surface area (Å²) in [6.45, 7) is 3.88. The van der Waals surface area contributed by atoms with Gasteiger partial charge in [-0.3, -0.25) is 14.9 Å². The number of nitrogens with zero attached hydrogens (tertiary/aromatic N) is 3. The molecule has 0 atom stereocenters. The highest BCUT2D eigenvalue weighted by Crippen LogP contribution is 2.14. The smallest absolute Gasteiger partial charge is 0.270 e. The van der Waals surface area contributed by atoms with Crippen molar-refractivity contribution in [3.05, 3.63) is 57.7 Å². The van der Waals surface area contributed by atoms with E-state index in [0.717, 1.165) is 11.4 Å². The van der Waals surface area contributed by atoms with Gasteiger partial charge in [0.1, 0.15) is 0 Å². The van der Waals surface area contributed by atoms with Crippen LogP contribution in [0, 0.1) is 24.0 Å². The minimum absolute atomic E-state index is 0.0793. The van der Waals surface area contributed by atoms with Gasteiger partial charge in [-0.25, -0.2) is 4.98 Å². The molecule has 2 aromatic rings. The van der Waals surface area contributed by atoms with Crippen LogP contribution >= 0.6 is 0 Å². The molecule has 1 aromatic heterocycles. The van der Waals surface area contributed by atoms with Gasteiger partial charge in [-0.15, -0.1) is 0 Å². The molecular weight excluding hydrogens is 246 g/mol. The van der Waals surface area contributed by atoms with Crippen molar-refractivity contribution in [2.24, 2.45) is 0 Å². The van der Waals surface area contributed by atoms with Crippen LogP contribution in [0.15, 0.2) is 30.6 Å². The number of carbonyl (C=O) groups is 1. The molecule has 0 aliphatic rings. The lowest BCUT2D eigenvalue weighted by Crippen LogP contribution is -2.11. The minimum atomic E-state index is -0.511. The van der Waals surface area contributed by atoms with Crippen LogP contribution in [-0.2, 0) is 6.54 Å². The van der Waals surface area contributed by atoms with E-state index in [-0.39, 0.29) is 18.0 Å². The molecule has 0 aliphatic carbocycles. The monoisotopic (exact) mass is 259 g/mol. The lowest BCUT2D eigenvalue weighted by atomic mass is 10.1. The first kappa shape index (κ1) is 12.9. The van der Waals surface area contributed by atoms with Crippen LogP contribution in [-0.4, -0.2) is 20.3 Å². The average Bonchev–Trinajstić information content (AvgIpc) is 2.71. The summed E-state index contributed by atoms with van der Waals surface area (Å²) in [4.78, 5) is 26.4. The number of nitro groups is 1. The van der Waals surface area contributed by atoms with Gasteiger partial charge in [0.25, 0.3) is 5.69 Å². The Morgan fingerprint density at radius 1 is 1.42 bits per heavy atom. The third-order valence-corrected chi connectivity index (χ3v) is 3.04. The van der Waals surface area contributed by atoms with E-state index in [4.69, 9.17) is 0 Å². The summed E-state index contributed by atoms with van der Waals surface area (Å²) in [5, 5.41) is 10.7. The standard InChI is InChI=1S/C13H13N3O3/c1-9-10(2)15(8-14-9)7-13(17)11-4-3-5-12(6-11)16(18)19/h3-6,8H,7H2,1-2H3. The summed E-state index contributed by atoms with van der Waals surface area (Å²) in [5.41, 5.74) is 2.04. The van der Waals surface area contributed by atoms with Gasteiger partial charge in [0.2, 0.25) is 0 Å². The van der Waals surface area contributed by atoms with Crippen molar-refractivity contribution in [1.82, 2.24) is 9.55 Å². The highest BCUT2D eigenvalue weighted by molar-refractivity contribution is 5.96. The first-order valence-electron chi connectivity index (χ1n) is 5.75. The molecular formula is C13H13N3O3. The summed E-state index contributed by atoms with van der Waals surface area (Å²) in [6, 6.07) is 5.75. The maximum Gasteiger partial charge on any atom is 0.270 e. The number of rotatable bonds is 4. The summed E-state index contributed by atoms with van der Waals surface area (Å²) >= 11 is 0. The molecule has 0 N–H and O–H groups in total. The molecule has 2 rings (SSSR count). The van der Waals surface area contributed by atoms with Crippen molar-refractivity contribution < 1.29 is 9.72 Å². The molecule has 0 bridgehead atoms. The summed E-state index contributed by atoms with van der Waals surface area (Å²) < 4.78 is 1.73. The van der Waals surface area contributed by atoms with Crippen LogP contribution in [0.5, 0.6) is 0 Å². The van der Waals surface area contributed by atoms with E-state index in [1.165, 1.54) is 18.2 Å². The quantitative estimate of drug-likeness (QED) is 0.479. The van der Waals surface area contributed by atoms with Crippen LogP contribution in [0.25, 0.3) is 0 Å². The lowest BCUT2D eigenvalue weighted by molar-refractivity contribution is -0.384. The van der Waals surface area contributed by atoms with E-state index in [9.17, 15) is 14.9 Å². The number of imidazole rings is 1. The zero-order valence-corrected chi connectivity index (χ0v) is 10.7. The summed E-state index contributed by atoms with van der Waals surface area (Å²) in [6.07, 6.45) is 1.60. The number of aromatic nitrogens is 2. The first-order chi connectivity index (χ1) is 8.99. The van der Waals surface area contributed by atoms with Crippen LogP contribution in [0.3, 0.4) is 0 Å². The summed E-state index contributed by atoms with van der Waals surface area (Å²) in [7, 11) is 0. The SMILES string of the molecule is Cc1ncn(CC(=O)c2cccc([N+](=O)[O-])c2)c1C. The van der Waals surface area contributed by atoms with Crippen molar-refractivity contribution in [2.45, 2.75) is 20.4 Å². The highest BCUT2D eigenvalue weighted by atomic mass is 16.6. The third-order valence-electron chi connectivity index (χ3n) is 3.04. The van der Waals surface area contributed by atoms with Crippen molar-refractivity contribution in [2.75, 3.05) is 0 Å². The predicted octanol–water partition coefficient (Wildman–Crippen LogP) is 2.29. The average molecular weight is 259 g/mol. The Kier molecular flexibility index (Phi) is 3.41. The van der Waals surface area contributed by atoms with E-state index in [2.05, 4.69) is 4.98 Å². The molecule has 1 heterocycles. The fourth-order valence-electron chi connectivity index (χ4n) is 1.74. The van der Waals surface area contributed by atoms with E-state index in [1.807, 2.05) is 13.8 Å². The van der Waals surface area contributed by atoms with Gasteiger partial charge in [0.15, 0.2) is 5.78 Å². The Morgan fingerprint density at radius 2 is 2.16 bits per heavy atom. The fourth-order valence-corrected chi connectivity index (χ4v) is 1.74. The number of non-ortho nitro benzene ring substituents is 1. The Hall–Kier alpha value is -2.50.